The van der Waals surface area contributed by atoms with Crippen LogP contribution in [0.1, 0.15) is 0 Å². The van der Waals surface area contributed by atoms with E-state index in [1.165, 1.54) is 0 Å². The van der Waals surface area contributed by atoms with Gasteiger partial charge in [0, 0.05) is 16.5 Å². The number of carbonyl (C=O) groups is 1. The van der Waals surface area contributed by atoms with Crippen molar-refractivity contribution in [2.45, 2.75) is 0 Å². The molecule has 0 fully saturated rings. The van der Waals surface area contributed by atoms with Crippen molar-refractivity contribution in [3.63, 3.8) is 0 Å². The van der Waals surface area contributed by atoms with Gasteiger partial charge in [-0.2, -0.15) is 5.26 Å². The van der Waals surface area contributed by atoms with E-state index in [1.807, 2.05) is 0 Å². The van der Waals surface area contributed by atoms with Crippen LogP contribution < -0.4 is 0 Å². The smallest absolute Gasteiger partial charge is 0.408 e. The Morgan fingerprint density at radius 1 is 1.83 bits per heavy atom. The number of nitriles is 1. The summed E-state index contributed by atoms with van der Waals surface area (Å²) in [5, 5.41) is 14.7. The van der Waals surface area contributed by atoms with Crippen LogP contribution in [0.3, 0.4) is 0 Å². The summed E-state index contributed by atoms with van der Waals surface area (Å²) in [4.78, 5) is 9.01. The predicted molar refractivity (Wildman–Crippen MR) is 13.2 cm³/mol. The molecule has 0 aliphatic heterocycles. The first kappa shape index (κ1) is 9.07. The molecule has 0 unspecified atom stereocenters. The Morgan fingerprint density at radius 2 is 2.00 bits per heavy atom. The maximum atomic E-state index is 9.01. The summed E-state index contributed by atoms with van der Waals surface area (Å²) < 4.78 is 0. The summed E-state index contributed by atoms with van der Waals surface area (Å²) in [5.74, 6) is -1.44. The van der Waals surface area contributed by atoms with Gasteiger partial charge in [-0.05, 0) is 0 Å². The van der Waals surface area contributed by atoms with Gasteiger partial charge in [-0.3, -0.25) is 0 Å². The third-order valence-electron chi connectivity index (χ3n) is 0.0956. The summed E-state index contributed by atoms with van der Waals surface area (Å²) in [6.45, 7) is 0. The summed E-state index contributed by atoms with van der Waals surface area (Å²) in [7, 11) is 0. The van der Waals surface area contributed by atoms with Crippen LogP contribution in [-0.2, 0) is 21.3 Å². The number of nitrogens with zero attached hydrogens (tertiary/aromatic N) is 1. The second-order valence-corrected chi connectivity index (χ2v) is 0.417. The van der Waals surface area contributed by atoms with Crippen LogP contribution in [0.2, 0.25) is 0 Å². The first-order valence-electron chi connectivity index (χ1n) is 0.901. The molecular weight excluding hydrogens is 129 g/mol. The molecular formula is C2HNNiO2. The van der Waals surface area contributed by atoms with Gasteiger partial charge in [-0.25, -0.2) is 4.79 Å². The molecule has 0 saturated heterocycles. The molecule has 6 heavy (non-hydrogen) atoms. The van der Waals surface area contributed by atoms with Crippen molar-refractivity contribution in [2.24, 2.45) is 0 Å². The van der Waals surface area contributed by atoms with Gasteiger partial charge in [0.1, 0.15) is 0 Å². The fourth-order valence-electron chi connectivity index (χ4n) is 0. The largest absolute Gasteiger partial charge is 0.470 e. The molecule has 0 radical (unpaired) electrons. The van der Waals surface area contributed by atoms with E-state index in [4.69, 9.17) is 15.2 Å². The van der Waals surface area contributed by atoms with Crippen molar-refractivity contribution in [1.82, 2.24) is 0 Å². The third-order valence-corrected chi connectivity index (χ3v) is 0.0956. The minimum Gasteiger partial charge on any atom is -0.470 e. The minimum atomic E-state index is -1.44. The van der Waals surface area contributed by atoms with Crippen LogP contribution in [-0.4, -0.2) is 11.1 Å². The Hall–Kier alpha value is -0.546. The van der Waals surface area contributed by atoms with Crippen molar-refractivity contribution in [2.75, 3.05) is 0 Å². The summed E-state index contributed by atoms with van der Waals surface area (Å²) in [5.41, 5.74) is 0. The van der Waals surface area contributed by atoms with Crippen molar-refractivity contribution in [3.8, 4) is 6.07 Å². The first-order valence-corrected chi connectivity index (χ1v) is 0.901. The Labute approximate surface area is 44.5 Å². The molecule has 0 atom stereocenters. The molecule has 0 heterocycles. The number of aliphatic carboxylic acids is 1. The van der Waals surface area contributed by atoms with E-state index < -0.39 is 5.97 Å². The number of carboxylic acids is 1. The average Bonchev–Trinajstić information content (AvgIpc) is 1.38. The standard InChI is InChI=1S/C2HNO2.Ni/c3-1-2(4)5;/h(H,4,5);. The Kier molecular flexibility index (Phi) is 6.73. The van der Waals surface area contributed by atoms with Crippen LogP contribution in [0.15, 0.2) is 0 Å². The topological polar surface area (TPSA) is 61.1 Å². The quantitative estimate of drug-likeness (QED) is 0.275. The molecule has 0 saturated carbocycles. The van der Waals surface area contributed by atoms with Crippen molar-refractivity contribution < 1.29 is 26.4 Å². The van der Waals surface area contributed by atoms with E-state index >= 15 is 0 Å². The van der Waals surface area contributed by atoms with Crippen LogP contribution >= 0.6 is 0 Å². The van der Waals surface area contributed by atoms with Crippen LogP contribution in [0.5, 0.6) is 0 Å². The van der Waals surface area contributed by atoms with Gasteiger partial charge in [0.05, 0.1) is 0 Å². The zero-order valence-electron chi connectivity index (χ0n) is 2.62. The molecule has 0 aromatic carbocycles. The monoisotopic (exact) mass is 129 g/mol. The zero-order valence-corrected chi connectivity index (χ0v) is 3.61. The van der Waals surface area contributed by atoms with E-state index in [0.29, 0.717) is 0 Å². The van der Waals surface area contributed by atoms with Crippen LogP contribution in [0.25, 0.3) is 0 Å². The molecule has 0 amide bonds. The molecule has 0 spiro atoms. The Bertz CT molecular complexity index is 84.0. The molecule has 0 aliphatic carbocycles. The molecule has 0 aromatic rings. The molecule has 36 valence electrons. The van der Waals surface area contributed by atoms with E-state index in [-0.39, 0.29) is 16.5 Å². The molecule has 0 rings (SSSR count). The second kappa shape index (κ2) is 4.45. The van der Waals surface area contributed by atoms with Gasteiger partial charge in [-0.15, -0.1) is 0 Å². The molecule has 1 N–H and O–H groups in total. The molecule has 0 aromatic heterocycles. The molecule has 4 heteroatoms. The van der Waals surface area contributed by atoms with Gasteiger partial charge in [-0.1, -0.05) is 0 Å². The normalized spacial score (nSPS) is 4.50. The number of rotatable bonds is 0. The Morgan fingerprint density at radius 3 is 2.00 bits per heavy atom. The molecule has 3 nitrogen and oxygen atoms in total. The Balaban J connectivity index is 0. The summed E-state index contributed by atoms with van der Waals surface area (Å²) in [6, 6.07) is 0.944. The SMILES string of the molecule is N#CC(=O)O.[Ni]. The van der Waals surface area contributed by atoms with E-state index in [2.05, 4.69) is 0 Å². The predicted octanol–water partition coefficient (Wildman–Crippen LogP) is -0.408. The minimum absolute atomic E-state index is 0. The fraction of sp³-hybridized carbons (Fsp3) is 0. The van der Waals surface area contributed by atoms with Crippen molar-refractivity contribution >= 4 is 5.97 Å². The van der Waals surface area contributed by atoms with E-state index in [9.17, 15) is 0 Å². The number of hydrogen-bond acceptors (Lipinski definition) is 2. The second-order valence-electron chi connectivity index (χ2n) is 0.417. The maximum absolute atomic E-state index is 9.01. The molecule has 0 bridgehead atoms. The fourth-order valence-corrected chi connectivity index (χ4v) is 0. The van der Waals surface area contributed by atoms with E-state index in [1.54, 1.807) is 0 Å². The van der Waals surface area contributed by atoms with Crippen LogP contribution in [0, 0.1) is 11.3 Å². The molecule has 0 aliphatic rings. The summed E-state index contributed by atoms with van der Waals surface area (Å²) in [6.07, 6.45) is 0. The van der Waals surface area contributed by atoms with E-state index in [0.717, 1.165) is 6.07 Å². The number of carboxylic acid groups (broad SMARTS) is 1. The van der Waals surface area contributed by atoms with Gasteiger partial charge >= 0.3 is 5.97 Å². The first-order chi connectivity index (χ1) is 2.27. The van der Waals surface area contributed by atoms with Crippen LogP contribution in [0.4, 0.5) is 0 Å². The maximum Gasteiger partial charge on any atom is 0.408 e. The third kappa shape index (κ3) is 9.84. The number of hydrogen-bond donors (Lipinski definition) is 1. The van der Waals surface area contributed by atoms with Crippen molar-refractivity contribution in [1.29, 1.82) is 5.26 Å². The average molecular weight is 130 g/mol. The van der Waals surface area contributed by atoms with Gasteiger partial charge < -0.3 is 5.11 Å². The van der Waals surface area contributed by atoms with Gasteiger partial charge in [0.2, 0.25) is 0 Å². The van der Waals surface area contributed by atoms with Gasteiger partial charge in [0.15, 0.2) is 6.07 Å². The van der Waals surface area contributed by atoms with Gasteiger partial charge in [0.25, 0.3) is 0 Å². The summed E-state index contributed by atoms with van der Waals surface area (Å²) >= 11 is 0. The van der Waals surface area contributed by atoms with Crippen molar-refractivity contribution in [3.05, 3.63) is 0 Å². The zero-order chi connectivity index (χ0) is 4.28.